The van der Waals surface area contributed by atoms with E-state index in [0.29, 0.717) is 0 Å². The molecule has 1 aliphatic heterocycles. The van der Waals surface area contributed by atoms with E-state index in [0.717, 1.165) is 33.1 Å². The monoisotopic (exact) mass is 271 g/mol. The van der Waals surface area contributed by atoms with Crippen molar-refractivity contribution in [2.75, 3.05) is 5.32 Å². The maximum absolute atomic E-state index is 10.5. The summed E-state index contributed by atoms with van der Waals surface area (Å²) in [4.78, 5) is 20.0. The number of nitrogens with zero attached hydrogens (tertiary/aromatic N) is 2. The molecular weight excluding hydrogens is 262 g/mol. The molecule has 0 fully saturated rings. The molecule has 0 spiro atoms. The normalized spacial score (nSPS) is 12.6. The van der Waals surface area contributed by atoms with E-state index in [1.165, 1.54) is 11.8 Å². The van der Waals surface area contributed by atoms with Crippen LogP contribution >= 0.6 is 11.8 Å². The number of carboxylic acid groups (broad SMARTS) is 1. The molecule has 0 aliphatic carbocycles. The first kappa shape index (κ1) is 11.7. The maximum Gasteiger partial charge on any atom is 0.328 e. The van der Waals surface area contributed by atoms with E-state index in [9.17, 15) is 4.79 Å². The SMILES string of the molecule is O=C(O)C=Cc1ccc2c(c1)Nc1nccnc1S2. The number of aromatic nitrogens is 2. The molecule has 2 aromatic rings. The third-order valence-electron chi connectivity index (χ3n) is 2.55. The summed E-state index contributed by atoms with van der Waals surface area (Å²) in [6, 6.07) is 5.69. The minimum absolute atomic E-state index is 0.722. The number of aliphatic carboxylic acids is 1. The standard InChI is InChI=1S/C13H9N3O2S/c17-11(18)4-2-8-1-3-10-9(7-8)16-12-13(19-10)15-6-5-14-12/h1-7H,(H,14,16)(H,17,18). The second-order valence-electron chi connectivity index (χ2n) is 3.86. The first-order valence-corrected chi connectivity index (χ1v) is 6.35. The largest absolute Gasteiger partial charge is 0.478 e. The number of carboxylic acids is 1. The van der Waals surface area contributed by atoms with E-state index in [4.69, 9.17) is 5.11 Å². The molecule has 1 aromatic heterocycles. The lowest BCUT2D eigenvalue weighted by Crippen LogP contribution is -2.03. The van der Waals surface area contributed by atoms with Crippen LogP contribution in [0.1, 0.15) is 5.56 Å². The summed E-state index contributed by atoms with van der Waals surface area (Å²) >= 11 is 1.54. The molecule has 0 bridgehead atoms. The molecule has 0 saturated carbocycles. The predicted octanol–water partition coefficient (Wildman–Crippen LogP) is 2.78. The molecule has 5 nitrogen and oxygen atoms in total. The number of rotatable bonds is 2. The number of carbonyl (C=O) groups is 1. The first-order chi connectivity index (χ1) is 9.22. The molecule has 19 heavy (non-hydrogen) atoms. The van der Waals surface area contributed by atoms with Gasteiger partial charge in [0.25, 0.3) is 0 Å². The number of fused-ring (bicyclic) bond motifs is 2. The van der Waals surface area contributed by atoms with Crippen molar-refractivity contribution < 1.29 is 9.90 Å². The topological polar surface area (TPSA) is 75.1 Å². The van der Waals surface area contributed by atoms with Gasteiger partial charge in [-0.3, -0.25) is 0 Å². The van der Waals surface area contributed by atoms with Gasteiger partial charge in [0.1, 0.15) is 5.03 Å². The number of nitrogens with one attached hydrogen (secondary N) is 1. The highest BCUT2D eigenvalue weighted by atomic mass is 32.2. The Bertz CT molecular complexity index is 685. The van der Waals surface area contributed by atoms with Gasteiger partial charge in [-0.1, -0.05) is 17.8 Å². The second kappa shape index (κ2) is 4.74. The fraction of sp³-hybridized carbons (Fsp3) is 0. The van der Waals surface area contributed by atoms with Crippen molar-refractivity contribution in [3.8, 4) is 0 Å². The Morgan fingerprint density at radius 2 is 2.16 bits per heavy atom. The van der Waals surface area contributed by atoms with Gasteiger partial charge in [0.05, 0.1) is 5.69 Å². The number of hydrogen-bond donors (Lipinski definition) is 2. The molecule has 0 unspecified atom stereocenters. The zero-order valence-electron chi connectivity index (χ0n) is 9.70. The third-order valence-corrected chi connectivity index (χ3v) is 3.61. The minimum atomic E-state index is -0.962. The van der Waals surface area contributed by atoms with Crippen LogP contribution in [0.2, 0.25) is 0 Å². The molecule has 2 N–H and O–H groups in total. The lowest BCUT2D eigenvalue weighted by molar-refractivity contribution is -0.131. The van der Waals surface area contributed by atoms with Crippen LogP contribution in [0.3, 0.4) is 0 Å². The summed E-state index contributed by atoms with van der Waals surface area (Å²) in [5.41, 5.74) is 1.73. The quantitative estimate of drug-likeness (QED) is 0.698. The molecule has 3 rings (SSSR count). The molecule has 0 amide bonds. The first-order valence-electron chi connectivity index (χ1n) is 5.53. The van der Waals surface area contributed by atoms with Gasteiger partial charge in [-0.05, 0) is 23.8 Å². The van der Waals surface area contributed by atoms with Gasteiger partial charge in [-0.25, -0.2) is 14.8 Å². The van der Waals surface area contributed by atoms with E-state index >= 15 is 0 Å². The minimum Gasteiger partial charge on any atom is -0.478 e. The van der Waals surface area contributed by atoms with Crippen molar-refractivity contribution in [2.45, 2.75) is 9.92 Å². The fourth-order valence-electron chi connectivity index (χ4n) is 1.72. The van der Waals surface area contributed by atoms with Gasteiger partial charge in [0.2, 0.25) is 0 Å². The number of benzene rings is 1. The summed E-state index contributed by atoms with van der Waals surface area (Å²) in [5.74, 6) is -0.240. The Labute approximate surface area is 113 Å². The molecular formula is C13H9N3O2S. The average molecular weight is 271 g/mol. The van der Waals surface area contributed by atoms with Crippen molar-refractivity contribution in [1.82, 2.24) is 9.97 Å². The lowest BCUT2D eigenvalue weighted by Gasteiger charge is -2.18. The highest BCUT2D eigenvalue weighted by Crippen LogP contribution is 2.42. The molecule has 0 radical (unpaired) electrons. The Kier molecular flexibility index (Phi) is 2.92. The van der Waals surface area contributed by atoms with Crippen molar-refractivity contribution in [3.05, 3.63) is 42.2 Å². The summed E-state index contributed by atoms with van der Waals surface area (Å²) in [6.45, 7) is 0. The molecule has 1 aliphatic rings. The van der Waals surface area contributed by atoms with E-state index in [2.05, 4.69) is 15.3 Å². The average Bonchev–Trinajstić information content (AvgIpc) is 2.42. The Hall–Kier alpha value is -2.34. The lowest BCUT2D eigenvalue weighted by atomic mass is 10.2. The van der Waals surface area contributed by atoms with Gasteiger partial charge in [0.15, 0.2) is 5.82 Å². The molecule has 0 saturated heterocycles. The van der Waals surface area contributed by atoms with E-state index in [1.807, 2.05) is 18.2 Å². The van der Waals surface area contributed by atoms with Crippen molar-refractivity contribution >= 4 is 35.3 Å². The fourth-order valence-corrected chi connectivity index (χ4v) is 2.60. The van der Waals surface area contributed by atoms with Crippen LogP contribution in [0.4, 0.5) is 11.5 Å². The van der Waals surface area contributed by atoms with Crippen molar-refractivity contribution in [3.63, 3.8) is 0 Å². The van der Waals surface area contributed by atoms with Gasteiger partial charge in [-0.2, -0.15) is 0 Å². The van der Waals surface area contributed by atoms with Crippen LogP contribution in [-0.4, -0.2) is 21.0 Å². The van der Waals surface area contributed by atoms with Crippen LogP contribution < -0.4 is 5.32 Å². The third kappa shape index (κ3) is 2.43. The molecule has 2 heterocycles. The number of hydrogen-bond acceptors (Lipinski definition) is 5. The summed E-state index contributed by atoms with van der Waals surface area (Å²) in [5, 5.41) is 12.6. The van der Waals surface area contributed by atoms with Gasteiger partial charge < -0.3 is 10.4 Å². The van der Waals surface area contributed by atoms with E-state index in [1.54, 1.807) is 18.5 Å². The molecule has 6 heteroatoms. The van der Waals surface area contributed by atoms with Crippen molar-refractivity contribution in [1.29, 1.82) is 0 Å². The molecule has 1 aromatic carbocycles. The Morgan fingerprint density at radius 3 is 3.00 bits per heavy atom. The zero-order valence-corrected chi connectivity index (χ0v) is 10.5. The van der Waals surface area contributed by atoms with Crippen LogP contribution in [0.25, 0.3) is 6.08 Å². The second-order valence-corrected chi connectivity index (χ2v) is 4.89. The van der Waals surface area contributed by atoms with Crippen LogP contribution in [-0.2, 0) is 4.79 Å². The molecule has 0 atom stereocenters. The summed E-state index contributed by atoms with van der Waals surface area (Å²) in [6.07, 6.45) is 5.96. The van der Waals surface area contributed by atoms with Crippen LogP contribution in [0.5, 0.6) is 0 Å². The maximum atomic E-state index is 10.5. The zero-order chi connectivity index (χ0) is 13.2. The smallest absolute Gasteiger partial charge is 0.328 e. The highest BCUT2D eigenvalue weighted by Gasteiger charge is 2.17. The summed E-state index contributed by atoms with van der Waals surface area (Å²) < 4.78 is 0. The van der Waals surface area contributed by atoms with Gasteiger partial charge in [-0.15, -0.1) is 0 Å². The van der Waals surface area contributed by atoms with Gasteiger partial charge >= 0.3 is 5.97 Å². The number of anilines is 2. The van der Waals surface area contributed by atoms with E-state index in [-0.39, 0.29) is 0 Å². The van der Waals surface area contributed by atoms with Crippen molar-refractivity contribution in [2.24, 2.45) is 0 Å². The Morgan fingerprint density at radius 1 is 1.32 bits per heavy atom. The van der Waals surface area contributed by atoms with Gasteiger partial charge in [0, 0.05) is 23.4 Å². The molecule has 94 valence electrons. The van der Waals surface area contributed by atoms with Crippen LogP contribution in [0.15, 0.2) is 46.6 Å². The highest BCUT2D eigenvalue weighted by molar-refractivity contribution is 7.99. The van der Waals surface area contributed by atoms with E-state index < -0.39 is 5.97 Å². The Balaban J connectivity index is 1.94. The van der Waals surface area contributed by atoms with Crippen LogP contribution in [0, 0.1) is 0 Å². The predicted molar refractivity (Wildman–Crippen MR) is 72.5 cm³/mol. The summed E-state index contributed by atoms with van der Waals surface area (Å²) in [7, 11) is 0.